The van der Waals surface area contributed by atoms with Gasteiger partial charge in [0.15, 0.2) is 0 Å². The number of aromatic nitrogens is 1. The molecule has 0 bridgehead atoms. The molecule has 24 heavy (non-hydrogen) atoms. The normalized spacial score (nSPS) is 10.6. The van der Waals surface area contributed by atoms with Crippen molar-refractivity contribution < 1.29 is 14.7 Å². The van der Waals surface area contributed by atoms with Gasteiger partial charge in [-0.25, -0.2) is 4.98 Å². The van der Waals surface area contributed by atoms with Crippen LogP contribution in [0.15, 0.2) is 24.3 Å². The minimum absolute atomic E-state index is 0.0821. The van der Waals surface area contributed by atoms with Gasteiger partial charge >= 0.3 is 5.97 Å². The van der Waals surface area contributed by atoms with Gasteiger partial charge in [-0.15, -0.1) is 11.3 Å². The van der Waals surface area contributed by atoms with E-state index in [1.54, 1.807) is 11.3 Å². The van der Waals surface area contributed by atoms with Gasteiger partial charge in [-0.1, -0.05) is 23.7 Å². The van der Waals surface area contributed by atoms with Crippen molar-refractivity contribution >= 4 is 34.8 Å². The Labute approximate surface area is 149 Å². The third-order valence-electron chi connectivity index (χ3n) is 3.44. The Balaban J connectivity index is 1.85. The topological polar surface area (TPSA) is 79.3 Å². The van der Waals surface area contributed by atoms with Crippen molar-refractivity contribution in [2.45, 2.75) is 39.2 Å². The second-order valence-electron chi connectivity index (χ2n) is 5.40. The number of rotatable bonds is 8. The van der Waals surface area contributed by atoms with Crippen LogP contribution < -0.4 is 5.32 Å². The van der Waals surface area contributed by atoms with E-state index in [-0.39, 0.29) is 12.3 Å². The predicted octanol–water partition coefficient (Wildman–Crippen LogP) is 4.03. The number of carboxylic acid groups (broad SMARTS) is 1. The lowest BCUT2D eigenvalue weighted by atomic mass is 10.1. The van der Waals surface area contributed by atoms with Crippen LogP contribution in [0.1, 0.15) is 35.6 Å². The van der Waals surface area contributed by atoms with Gasteiger partial charge in [-0.2, -0.15) is 0 Å². The SMILES string of the molecule is Cc1sc(CNC(=O)CCCCC(=O)O)nc1-c1ccc(Cl)cc1. The number of benzene rings is 1. The van der Waals surface area contributed by atoms with Crippen LogP contribution in [0.2, 0.25) is 5.02 Å². The zero-order valence-corrected chi connectivity index (χ0v) is 14.9. The molecule has 0 spiro atoms. The summed E-state index contributed by atoms with van der Waals surface area (Å²) >= 11 is 7.45. The lowest BCUT2D eigenvalue weighted by Gasteiger charge is -2.02. The van der Waals surface area contributed by atoms with Crippen LogP contribution in [0.3, 0.4) is 0 Å². The molecule has 7 heteroatoms. The molecule has 1 heterocycles. The van der Waals surface area contributed by atoms with Gasteiger partial charge in [0.1, 0.15) is 5.01 Å². The maximum atomic E-state index is 11.8. The van der Waals surface area contributed by atoms with Gasteiger partial charge in [0, 0.05) is 28.3 Å². The number of nitrogens with zero attached hydrogens (tertiary/aromatic N) is 1. The fourth-order valence-electron chi connectivity index (χ4n) is 2.23. The first-order valence-corrected chi connectivity index (χ1v) is 8.86. The van der Waals surface area contributed by atoms with E-state index in [1.165, 1.54) is 0 Å². The minimum atomic E-state index is -0.830. The highest BCUT2D eigenvalue weighted by molar-refractivity contribution is 7.12. The van der Waals surface area contributed by atoms with Crippen LogP contribution in [0.25, 0.3) is 11.3 Å². The quantitative estimate of drug-likeness (QED) is 0.691. The number of carboxylic acids is 1. The molecular formula is C17H19ClN2O3S. The Hall–Kier alpha value is -1.92. The minimum Gasteiger partial charge on any atom is -0.481 e. The maximum absolute atomic E-state index is 11.8. The Morgan fingerprint density at radius 1 is 1.21 bits per heavy atom. The monoisotopic (exact) mass is 366 g/mol. The molecule has 128 valence electrons. The average molecular weight is 367 g/mol. The third-order valence-corrected chi connectivity index (χ3v) is 4.66. The molecule has 2 N–H and O–H groups in total. The van der Waals surface area contributed by atoms with Gasteiger partial charge in [0.25, 0.3) is 0 Å². The highest BCUT2D eigenvalue weighted by Gasteiger charge is 2.11. The number of carbonyl (C=O) groups excluding carboxylic acids is 1. The van der Waals surface area contributed by atoms with Crippen molar-refractivity contribution in [3.05, 3.63) is 39.2 Å². The molecule has 1 aromatic carbocycles. The summed E-state index contributed by atoms with van der Waals surface area (Å²) in [7, 11) is 0. The van der Waals surface area contributed by atoms with Crippen LogP contribution >= 0.6 is 22.9 Å². The predicted molar refractivity (Wildman–Crippen MR) is 95.2 cm³/mol. The Kier molecular flexibility index (Phi) is 6.75. The van der Waals surface area contributed by atoms with E-state index in [0.717, 1.165) is 21.1 Å². The number of aliphatic carboxylic acids is 1. The van der Waals surface area contributed by atoms with E-state index in [0.29, 0.717) is 30.8 Å². The molecule has 0 atom stereocenters. The maximum Gasteiger partial charge on any atom is 0.303 e. The smallest absolute Gasteiger partial charge is 0.303 e. The zero-order valence-electron chi connectivity index (χ0n) is 13.3. The van der Waals surface area contributed by atoms with Crippen molar-refractivity contribution in [3.8, 4) is 11.3 Å². The highest BCUT2D eigenvalue weighted by atomic mass is 35.5. The summed E-state index contributed by atoms with van der Waals surface area (Å²) in [4.78, 5) is 27.8. The molecule has 0 unspecified atom stereocenters. The van der Waals surface area contributed by atoms with Crippen LogP contribution in [-0.2, 0) is 16.1 Å². The Morgan fingerprint density at radius 3 is 2.54 bits per heavy atom. The third kappa shape index (κ3) is 5.62. The van der Waals surface area contributed by atoms with Crippen molar-refractivity contribution in [2.75, 3.05) is 0 Å². The molecule has 2 aromatic rings. The molecule has 0 aliphatic heterocycles. The summed E-state index contributed by atoms with van der Waals surface area (Å²) < 4.78 is 0. The first-order chi connectivity index (χ1) is 11.5. The summed E-state index contributed by atoms with van der Waals surface area (Å²) in [6.07, 6.45) is 1.52. The molecule has 5 nitrogen and oxygen atoms in total. The highest BCUT2D eigenvalue weighted by Crippen LogP contribution is 2.28. The molecule has 0 aliphatic rings. The lowest BCUT2D eigenvalue weighted by molar-refractivity contribution is -0.137. The summed E-state index contributed by atoms with van der Waals surface area (Å²) in [6, 6.07) is 7.51. The molecule has 0 fully saturated rings. The van der Waals surface area contributed by atoms with Gasteiger partial charge in [-0.3, -0.25) is 9.59 Å². The Bertz CT molecular complexity index is 713. The number of amides is 1. The molecule has 0 saturated heterocycles. The fourth-order valence-corrected chi connectivity index (χ4v) is 3.25. The van der Waals surface area contributed by atoms with Crippen LogP contribution in [0.4, 0.5) is 0 Å². The average Bonchev–Trinajstić information content (AvgIpc) is 2.91. The number of thiazole rings is 1. The molecule has 1 aromatic heterocycles. The Morgan fingerprint density at radius 2 is 1.88 bits per heavy atom. The number of halogens is 1. The van der Waals surface area contributed by atoms with Gasteiger partial charge < -0.3 is 10.4 Å². The number of unbranched alkanes of at least 4 members (excludes halogenated alkanes) is 1. The molecule has 0 radical (unpaired) electrons. The van der Waals surface area contributed by atoms with E-state index in [1.807, 2.05) is 31.2 Å². The summed E-state index contributed by atoms with van der Waals surface area (Å²) in [5, 5.41) is 12.9. The first kappa shape index (κ1) is 18.4. The second-order valence-corrected chi connectivity index (χ2v) is 7.12. The van der Waals surface area contributed by atoms with Gasteiger partial charge in [-0.05, 0) is 31.9 Å². The first-order valence-electron chi connectivity index (χ1n) is 7.66. The number of hydrogen-bond donors (Lipinski definition) is 2. The van der Waals surface area contributed by atoms with E-state index >= 15 is 0 Å². The molecule has 0 saturated carbocycles. The molecule has 0 aliphatic carbocycles. The molecular weight excluding hydrogens is 348 g/mol. The molecule has 1 amide bonds. The van der Waals surface area contributed by atoms with Crippen LogP contribution in [0, 0.1) is 6.92 Å². The van der Waals surface area contributed by atoms with E-state index in [2.05, 4.69) is 10.3 Å². The number of aryl methyl sites for hydroxylation is 1. The van der Waals surface area contributed by atoms with Gasteiger partial charge in [0.2, 0.25) is 5.91 Å². The molecule has 2 rings (SSSR count). The van der Waals surface area contributed by atoms with Crippen molar-refractivity contribution in [2.24, 2.45) is 0 Å². The van der Waals surface area contributed by atoms with E-state index in [4.69, 9.17) is 16.7 Å². The largest absolute Gasteiger partial charge is 0.481 e. The number of hydrogen-bond acceptors (Lipinski definition) is 4. The van der Waals surface area contributed by atoms with E-state index < -0.39 is 5.97 Å². The van der Waals surface area contributed by atoms with Crippen molar-refractivity contribution in [3.63, 3.8) is 0 Å². The van der Waals surface area contributed by atoms with Crippen molar-refractivity contribution in [1.29, 1.82) is 0 Å². The summed E-state index contributed by atoms with van der Waals surface area (Å²) in [5.74, 6) is -0.912. The number of carbonyl (C=O) groups is 2. The lowest BCUT2D eigenvalue weighted by Crippen LogP contribution is -2.22. The summed E-state index contributed by atoms with van der Waals surface area (Å²) in [5.41, 5.74) is 1.90. The standard InChI is InChI=1S/C17H19ClN2O3S/c1-11-17(12-6-8-13(18)9-7-12)20-15(24-11)10-19-14(21)4-2-3-5-16(22)23/h6-9H,2-5,10H2,1H3,(H,19,21)(H,22,23). The zero-order chi connectivity index (χ0) is 17.5. The number of nitrogens with one attached hydrogen (secondary N) is 1. The second kappa shape index (κ2) is 8.80. The van der Waals surface area contributed by atoms with Crippen LogP contribution in [0.5, 0.6) is 0 Å². The van der Waals surface area contributed by atoms with E-state index in [9.17, 15) is 9.59 Å². The van der Waals surface area contributed by atoms with Crippen LogP contribution in [-0.4, -0.2) is 22.0 Å². The van der Waals surface area contributed by atoms with Gasteiger partial charge in [0.05, 0.1) is 12.2 Å². The van der Waals surface area contributed by atoms with Crippen molar-refractivity contribution in [1.82, 2.24) is 10.3 Å². The fraction of sp³-hybridized carbons (Fsp3) is 0.353. The summed E-state index contributed by atoms with van der Waals surface area (Å²) in [6.45, 7) is 2.38.